The van der Waals surface area contributed by atoms with Crippen LogP contribution in [0.4, 0.5) is 5.69 Å². The number of nitrogens with two attached hydrogens (primary N) is 1. The summed E-state index contributed by atoms with van der Waals surface area (Å²) < 4.78 is 30.8. The van der Waals surface area contributed by atoms with E-state index in [-0.39, 0.29) is 30.1 Å². The largest absolute Gasteiger partial charge is 0.452 e. The number of anilines is 1. The highest BCUT2D eigenvalue weighted by Gasteiger charge is 2.39. The minimum atomic E-state index is -3.66. The fourth-order valence-electron chi connectivity index (χ4n) is 2.92. The standard InChI is InChI=1S/C16H17N5O4S2/c1-8-9(2)19-20-16-12(8)13(17)14(26-16)15(22)18-10-6-21(7-10)27(23,24)11-4-3-5-25-11/h3-5,10H,6-7,17H2,1-2H3,(H,18,22). The Morgan fingerprint density at radius 1 is 1.37 bits per heavy atom. The number of nitrogens with one attached hydrogen (secondary N) is 1. The highest BCUT2D eigenvalue weighted by atomic mass is 32.2. The Balaban J connectivity index is 1.48. The molecule has 0 atom stereocenters. The van der Waals surface area contributed by atoms with Crippen molar-refractivity contribution in [2.24, 2.45) is 0 Å². The molecule has 3 aromatic heterocycles. The number of nitrogen functional groups attached to an aromatic ring is 1. The lowest BCUT2D eigenvalue weighted by atomic mass is 10.1. The van der Waals surface area contributed by atoms with Crippen LogP contribution in [-0.2, 0) is 10.0 Å². The van der Waals surface area contributed by atoms with Gasteiger partial charge in [-0.25, -0.2) is 8.42 Å². The van der Waals surface area contributed by atoms with Crippen molar-refractivity contribution < 1.29 is 17.6 Å². The first kappa shape index (κ1) is 17.9. The van der Waals surface area contributed by atoms with E-state index in [0.29, 0.717) is 15.4 Å². The van der Waals surface area contributed by atoms with Gasteiger partial charge in [0.1, 0.15) is 9.71 Å². The van der Waals surface area contributed by atoms with Crippen LogP contribution in [0.5, 0.6) is 0 Å². The van der Waals surface area contributed by atoms with Crippen LogP contribution in [0.3, 0.4) is 0 Å². The maximum Gasteiger partial charge on any atom is 0.276 e. The van der Waals surface area contributed by atoms with Gasteiger partial charge in [-0.3, -0.25) is 4.79 Å². The van der Waals surface area contributed by atoms with Crippen molar-refractivity contribution in [3.63, 3.8) is 0 Å². The molecule has 1 amide bonds. The molecule has 27 heavy (non-hydrogen) atoms. The summed E-state index contributed by atoms with van der Waals surface area (Å²) in [5, 5.41) is 11.6. The lowest BCUT2D eigenvalue weighted by Crippen LogP contribution is -2.60. The number of aromatic nitrogens is 2. The van der Waals surface area contributed by atoms with Crippen molar-refractivity contribution in [3.05, 3.63) is 34.5 Å². The van der Waals surface area contributed by atoms with Gasteiger partial charge < -0.3 is 15.5 Å². The zero-order valence-corrected chi connectivity index (χ0v) is 16.2. The van der Waals surface area contributed by atoms with Crippen LogP contribution in [0, 0.1) is 13.8 Å². The fourth-order valence-corrected chi connectivity index (χ4v) is 5.36. The Morgan fingerprint density at radius 3 is 2.78 bits per heavy atom. The topological polar surface area (TPSA) is 131 Å². The average molecular weight is 407 g/mol. The van der Waals surface area contributed by atoms with Crippen molar-refractivity contribution in [3.8, 4) is 0 Å². The van der Waals surface area contributed by atoms with Crippen LogP contribution in [0.15, 0.2) is 27.9 Å². The number of hydrogen-bond donors (Lipinski definition) is 2. The summed E-state index contributed by atoms with van der Waals surface area (Å²) in [4.78, 5) is 13.6. The van der Waals surface area contributed by atoms with Gasteiger partial charge in [-0.15, -0.1) is 16.4 Å². The Morgan fingerprint density at radius 2 is 2.11 bits per heavy atom. The van der Waals surface area contributed by atoms with Crippen molar-refractivity contribution in [1.29, 1.82) is 0 Å². The number of carbonyl (C=O) groups is 1. The zero-order valence-electron chi connectivity index (χ0n) is 14.6. The molecule has 1 saturated heterocycles. The van der Waals surface area contributed by atoms with Gasteiger partial charge in [0.25, 0.3) is 15.9 Å². The van der Waals surface area contributed by atoms with E-state index in [1.54, 1.807) is 0 Å². The number of furan rings is 1. The van der Waals surface area contributed by atoms with Crippen LogP contribution >= 0.6 is 11.3 Å². The van der Waals surface area contributed by atoms with Gasteiger partial charge in [-0.2, -0.15) is 9.40 Å². The second kappa shape index (κ2) is 6.29. The molecule has 0 unspecified atom stereocenters. The number of thiophene rings is 1. The molecule has 0 bridgehead atoms. The Kier molecular flexibility index (Phi) is 4.17. The molecule has 4 heterocycles. The van der Waals surface area contributed by atoms with Gasteiger partial charge in [-0.1, -0.05) is 0 Å². The molecule has 1 aliphatic rings. The van der Waals surface area contributed by atoms with Gasteiger partial charge in [0.2, 0.25) is 5.09 Å². The van der Waals surface area contributed by atoms with Gasteiger partial charge in [-0.05, 0) is 31.5 Å². The predicted octanol–water partition coefficient (Wildman–Crippen LogP) is 1.29. The number of fused-ring (bicyclic) bond motifs is 1. The molecule has 0 spiro atoms. The number of amides is 1. The summed E-state index contributed by atoms with van der Waals surface area (Å²) in [6.45, 7) is 4.08. The molecule has 1 aliphatic heterocycles. The maximum atomic E-state index is 12.6. The number of rotatable bonds is 4. The SMILES string of the molecule is Cc1nnc2sc(C(=O)NC3CN(S(=O)(=O)c4ccco4)C3)c(N)c2c1C. The lowest BCUT2D eigenvalue weighted by molar-refractivity contribution is 0.0900. The molecule has 4 rings (SSSR count). The van der Waals surface area contributed by atoms with E-state index in [4.69, 9.17) is 10.2 Å². The molecule has 3 N–H and O–H groups in total. The molecule has 11 heteroatoms. The Hall–Kier alpha value is -2.50. The van der Waals surface area contributed by atoms with Gasteiger partial charge >= 0.3 is 0 Å². The summed E-state index contributed by atoms with van der Waals surface area (Å²) in [5.41, 5.74) is 8.20. The van der Waals surface area contributed by atoms with Crippen LogP contribution < -0.4 is 11.1 Å². The predicted molar refractivity (Wildman–Crippen MR) is 100 cm³/mol. The third-order valence-corrected chi connectivity index (χ3v) is 7.42. The Bertz CT molecular complexity index is 1130. The fraction of sp³-hybridized carbons (Fsp3) is 0.312. The number of hydrogen-bond acceptors (Lipinski definition) is 8. The van der Waals surface area contributed by atoms with E-state index in [1.807, 2.05) is 13.8 Å². The first-order chi connectivity index (χ1) is 12.8. The molecule has 0 saturated carbocycles. The molecule has 0 aromatic carbocycles. The smallest absolute Gasteiger partial charge is 0.276 e. The Labute approximate surface area is 159 Å². The quantitative estimate of drug-likeness (QED) is 0.666. The van der Waals surface area contributed by atoms with E-state index >= 15 is 0 Å². The van der Waals surface area contributed by atoms with Crippen LogP contribution in [0.2, 0.25) is 0 Å². The number of aryl methyl sites for hydroxylation is 2. The normalized spacial score (nSPS) is 15.8. The minimum Gasteiger partial charge on any atom is -0.452 e. The summed E-state index contributed by atoms with van der Waals surface area (Å²) in [6, 6.07) is 2.62. The summed E-state index contributed by atoms with van der Waals surface area (Å²) in [7, 11) is -3.66. The number of carbonyl (C=O) groups excluding carboxylic acids is 1. The molecule has 3 aromatic rings. The lowest BCUT2D eigenvalue weighted by Gasteiger charge is -2.37. The molecule has 1 fully saturated rings. The van der Waals surface area contributed by atoms with E-state index in [0.717, 1.165) is 16.6 Å². The van der Waals surface area contributed by atoms with E-state index in [1.165, 1.54) is 34.0 Å². The molecule has 0 radical (unpaired) electrons. The highest BCUT2D eigenvalue weighted by Crippen LogP contribution is 2.35. The van der Waals surface area contributed by atoms with Gasteiger partial charge in [0, 0.05) is 18.5 Å². The first-order valence-corrected chi connectivity index (χ1v) is 10.4. The van der Waals surface area contributed by atoms with Crippen molar-refractivity contribution in [2.45, 2.75) is 25.0 Å². The first-order valence-electron chi connectivity index (χ1n) is 8.15. The zero-order chi connectivity index (χ0) is 19.3. The summed E-state index contributed by atoms with van der Waals surface area (Å²) >= 11 is 1.18. The third kappa shape index (κ3) is 2.87. The number of nitrogens with zero attached hydrogens (tertiary/aromatic N) is 3. The molecule has 9 nitrogen and oxygen atoms in total. The second-order valence-electron chi connectivity index (χ2n) is 6.36. The molecular weight excluding hydrogens is 390 g/mol. The van der Waals surface area contributed by atoms with E-state index < -0.39 is 10.0 Å². The van der Waals surface area contributed by atoms with Crippen LogP contribution in [0.25, 0.3) is 10.2 Å². The maximum absolute atomic E-state index is 12.6. The van der Waals surface area contributed by atoms with Crippen LogP contribution in [-0.4, -0.2) is 48.0 Å². The van der Waals surface area contributed by atoms with Crippen LogP contribution in [0.1, 0.15) is 20.9 Å². The minimum absolute atomic E-state index is 0.106. The molecule has 0 aliphatic carbocycles. The summed E-state index contributed by atoms with van der Waals surface area (Å²) in [5.74, 6) is -0.340. The van der Waals surface area contributed by atoms with E-state index in [9.17, 15) is 13.2 Å². The van der Waals surface area contributed by atoms with E-state index in [2.05, 4.69) is 15.5 Å². The molecular formula is C16H17N5O4S2. The van der Waals surface area contributed by atoms with Gasteiger partial charge in [0.15, 0.2) is 0 Å². The van der Waals surface area contributed by atoms with Crippen molar-refractivity contribution >= 4 is 43.2 Å². The summed E-state index contributed by atoms with van der Waals surface area (Å²) in [6.07, 6.45) is 1.31. The van der Waals surface area contributed by atoms with Crippen molar-refractivity contribution in [1.82, 2.24) is 19.8 Å². The second-order valence-corrected chi connectivity index (χ2v) is 9.23. The van der Waals surface area contributed by atoms with Crippen molar-refractivity contribution in [2.75, 3.05) is 18.8 Å². The van der Waals surface area contributed by atoms with Gasteiger partial charge in [0.05, 0.1) is 23.7 Å². The molecule has 142 valence electrons. The average Bonchev–Trinajstić information content (AvgIpc) is 3.22. The number of sulfonamides is 1. The monoisotopic (exact) mass is 407 g/mol. The third-order valence-electron chi connectivity index (χ3n) is 4.61. The highest BCUT2D eigenvalue weighted by molar-refractivity contribution is 7.89.